The predicted molar refractivity (Wildman–Crippen MR) is 215 cm³/mol. The van der Waals surface area contributed by atoms with Crippen LogP contribution < -0.4 is 9.47 Å². The normalized spacial score (nSPS) is 17.8. The van der Waals surface area contributed by atoms with E-state index in [4.69, 9.17) is 23.7 Å². The zero-order valence-corrected chi connectivity index (χ0v) is 33.7. The monoisotopic (exact) mass is 780 g/mol. The summed E-state index contributed by atoms with van der Waals surface area (Å²) in [6.07, 6.45) is 3.56. The Morgan fingerprint density at radius 2 is 0.947 bits per heavy atom. The summed E-state index contributed by atoms with van der Waals surface area (Å²) in [5.41, 5.74) is 5.62. The highest BCUT2D eigenvalue weighted by Crippen LogP contribution is 2.28. The Balaban J connectivity index is 0.000000190. The number of rotatable bonds is 9. The molecule has 3 aliphatic heterocycles. The summed E-state index contributed by atoms with van der Waals surface area (Å²) in [5.74, 6) is 0.746. The first-order chi connectivity index (χ1) is 27.3. The van der Waals surface area contributed by atoms with Crippen LogP contribution in [0.15, 0.2) is 82.9 Å². The largest absolute Gasteiger partial charge is 0.496 e. The van der Waals surface area contributed by atoms with Crippen LogP contribution in [0.5, 0.6) is 11.5 Å². The molecule has 14 heteroatoms. The van der Waals surface area contributed by atoms with Crippen molar-refractivity contribution in [3.63, 3.8) is 0 Å². The van der Waals surface area contributed by atoms with Crippen LogP contribution in [0.1, 0.15) is 61.1 Å². The van der Waals surface area contributed by atoms with E-state index in [0.717, 1.165) is 37.6 Å². The van der Waals surface area contributed by atoms with Gasteiger partial charge >= 0.3 is 12.2 Å². The van der Waals surface area contributed by atoms with E-state index in [9.17, 15) is 24.0 Å². The minimum Gasteiger partial charge on any atom is -0.496 e. The number of ether oxygens (including phenoxy) is 5. The highest BCUT2D eigenvalue weighted by atomic mass is 16.6. The first-order valence-corrected chi connectivity index (χ1v) is 18.4. The maximum atomic E-state index is 12.3. The number of aryl methyl sites for hydroxylation is 3. The molecule has 5 amide bonds. The van der Waals surface area contributed by atoms with Crippen LogP contribution in [-0.4, -0.2) is 91.0 Å². The molecule has 0 unspecified atom stereocenters. The van der Waals surface area contributed by atoms with Gasteiger partial charge in [-0.2, -0.15) is 0 Å². The Kier molecular flexibility index (Phi) is 14.9. The van der Waals surface area contributed by atoms with E-state index in [0.29, 0.717) is 49.3 Å². The standard InChI is InChI=1S/C16H20N2O3.C14H15NO4.C13H13NO3/c1-5-17-16-18(6-2)15(19)14(21-16)10-12-8-7-11(3)9-13(12)20-4;1-4-15-13(16)12(19-14(15)17)8-10-6-5-9(2)7-11(10)18-3;1-3-14-12(15)11(17-13(14)16)8-10-6-4-9(2)5-7-10/h7-10H,5-6H2,1-4H3;5-8H,4H2,1-3H3;4-8H,3H2,1-2H3/b14-10+,17-16?;12-8+;11-8+. The number of aliphatic imine (C=N–C) groups is 1. The van der Waals surface area contributed by atoms with E-state index >= 15 is 0 Å². The molecule has 3 aliphatic rings. The van der Waals surface area contributed by atoms with Crippen molar-refractivity contribution in [1.82, 2.24) is 14.7 Å². The highest BCUT2D eigenvalue weighted by molar-refractivity contribution is 6.12. The third kappa shape index (κ3) is 10.5. The summed E-state index contributed by atoms with van der Waals surface area (Å²) in [7, 11) is 3.16. The Labute approximate surface area is 332 Å². The van der Waals surface area contributed by atoms with E-state index in [1.54, 1.807) is 40.2 Å². The summed E-state index contributed by atoms with van der Waals surface area (Å²) in [5, 5.41) is 0. The Morgan fingerprint density at radius 3 is 1.35 bits per heavy atom. The molecule has 0 aliphatic carbocycles. The second kappa shape index (κ2) is 19.8. The zero-order chi connectivity index (χ0) is 41.8. The molecule has 3 aromatic rings. The highest BCUT2D eigenvalue weighted by Gasteiger charge is 2.36. The number of nitrogens with zero attached hydrogens (tertiary/aromatic N) is 4. The summed E-state index contributed by atoms with van der Waals surface area (Å²) in [6.45, 7) is 14.9. The first-order valence-electron chi connectivity index (χ1n) is 18.4. The van der Waals surface area contributed by atoms with Crippen molar-refractivity contribution in [2.75, 3.05) is 40.4 Å². The molecule has 14 nitrogen and oxygen atoms in total. The molecule has 300 valence electrons. The summed E-state index contributed by atoms with van der Waals surface area (Å²) >= 11 is 0. The van der Waals surface area contributed by atoms with E-state index in [-0.39, 0.29) is 29.1 Å². The molecule has 0 radical (unpaired) electrons. The maximum Gasteiger partial charge on any atom is 0.422 e. The van der Waals surface area contributed by atoms with Crippen molar-refractivity contribution in [3.8, 4) is 11.5 Å². The lowest BCUT2D eigenvalue weighted by Crippen LogP contribution is -2.29. The lowest BCUT2D eigenvalue weighted by molar-refractivity contribution is -0.123. The molecule has 0 bridgehead atoms. The van der Waals surface area contributed by atoms with Gasteiger partial charge in [0, 0.05) is 37.3 Å². The summed E-state index contributed by atoms with van der Waals surface area (Å²) in [4.78, 5) is 66.5. The quantitative estimate of drug-likeness (QED) is 0.203. The van der Waals surface area contributed by atoms with Gasteiger partial charge in [-0.15, -0.1) is 0 Å². The number of hydrogen-bond donors (Lipinski definition) is 0. The minimum atomic E-state index is -0.634. The van der Waals surface area contributed by atoms with Crippen molar-refractivity contribution in [2.24, 2.45) is 4.99 Å². The van der Waals surface area contributed by atoms with Gasteiger partial charge in [-0.25, -0.2) is 24.4 Å². The molecule has 0 aromatic heterocycles. The number of carbonyl (C=O) groups excluding carboxylic acids is 5. The molecule has 6 rings (SSSR count). The second-order valence-electron chi connectivity index (χ2n) is 12.7. The van der Waals surface area contributed by atoms with E-state index < -0.39 is 18.1 Å². The van der Waals surface area contributed by atoms with Crippen molar-refractivity contribution in [1.29, 1.82) is 0 Å². The van der Waals surface area contributed by atoms with Gasteiger partial charge in [0.05, 0.1) is 14.2 Å². The van der Waals surface area contributed by atoms with Gasteiger partial charge in [-0.1, -0.05) is 54.1 Å². The molecule has 0 saturated carbocycles. The smallest absolute Gasteiger partial charge is 0.422 e. The van der Waals surface area contributed by atoms with Crippen LogP contribution in [0.4, 0.5) is 9.59 Å². The third-order valence-corrected chi connectivity index (χ3v) is 8.60. The fraction of sp³-hybridized carbons (Fsp3) is 0.302. The van der Waals surface area contributed by atoms with Gasteiger partial charge in [0.25, 0.3) is 23.7 Å². The van der Waals surface area contributed by atoms with Crippen LogP contribution in [0.3, 0.4) is 0 Å². The second-order valence-corrected chi connectivity index (χ2v) is 12.7. The van der Waals surface area contributed by atoms with Crippen LogP contribution in [0.2, 0.25) is 0 Å². The number of amidine groups is 1. The average Bonchev–Trinajstić information content (AvgIpc) is 3.76. The predicted octanol–water partition coefficient (Wildman–Crippen LogP) is 7.28. The van der Waals surface area contributed by atoms with Gasteiger partial charge in [-0.3, -0.25) is 19.3 Å². The van der Waals surface area contributed by atoms with Crippen LogP contribution >= 0.6 is 0 Å². The lowest BCUT2D eigenvalue weighted by Gasteiger charge is -2.08. The number of hydrogen-bond acceptors (Lipinski definition) is 11. The van der Waals surface area contributed by atoms with Crippen molar-refractivity contribution in [3.05, 3.63) is 111 Å². The number of cyclic esters (lactones) is 2. The van der Waals surface area contributed by atoms with E-state index in [1.165, 1.54) is 11.0 Å². The molecule has 57 heavy (non-hydrogen) atoms. The number of amides is 5. The first kappa shape index (κ1) is 43.0. The Hall–Kier alpha value is -6.70. The maximum absolute atomic E-state index is 12.3. The SMILES string of the molecule is CCN1C(=O)O/C(=C/c2ccc(C)cc2)C1=O.CCN1C(=O)O/C(=C/c2ccc(C)cc2OC)C1=O.CCN=C1O/C(=C/c2ccc(C)cc2OC)C(=O)N1CC. The Bertz CT molecular complexity index is 2140. The molecule has 3 fully saturated rings. The average molecular weight is 781 g/mol. The van der Waals surface area contributed by atoms with Crippen LogP contribution in [0.25, 0.3) is 18.2 Å². The molecular formula is C43H48N4O10. The third-order valence-electron chi connectivity index (χ3n) is 8.60. The Morgan fingerprint density at radius 1 is 0.544 bits per heavy atom. The van der Waals surface area contributed by atoms with Crippen LogP contribution in [-0.2, 0) is 28.6 Å². The topological polar surface area (TPSA) is 154 Å². The van der Waals surface area contributed by atoms with Crippen LogP contribution in [0, 0.1) is 20.8 Å². The van der Waals surface area contributed by atoms with Gasteiger partial charge in [0.1, 0.15) is 11.5 Å². The molecule has 0 spiro atoms. The number of benzene rings is 3. The fourth-order valence-corrected chi connectivity index (χ4v) is 5.56. The molecule has 3 heterocycles. The number of carbonyl (C=O) groups is 5. The zero-order valence-electron chi connectivity index (χ0n) is 33.7. The summed E-state index contributed by atoms with van der Waals surface area (Å²) < 4.78 is 26.0. The number of imide groups is 2. The lowest BCUT2D eigenvalue weighted by atomic mass is 10.1. The number of methoxy groups -OCH3 is 2. The van der Waals surface area contributed by atoms with Crippen molar-refractivity contribution >= 4 is 54.2 Å². The van der Waals surface area contributed by atoms with Gasteiger partial charge in [0.2, 0.25) is 0 Å². The van der Waals surface area contributed by atoms with Gasteiger partial charge in [-0.05, 0) is 95.5 Å². The van der Waals surface area contributed by atoms with Gasteiger partial charge < -0.3 is 23.7 Å². The molecule has 3 aromatic carbocycles. The number of likely N-dealkylation sites (N-methyl/N-ethyl adjacent to an activating group) is 3. The van der Waals surface area contributed by atoms with Crippen molar-refractivity contribution in [2.45, 2.75) is 48.5 Å². The van der Waals surface area contributed by atoms with Gasteiger partial charge in [0.15, 0.2) is 17.3 Å². The van der Waals surface area contributed by atoms with Crippen molar-refractivity contribution < 1.29 is 47.7 Å². The van der Waals surface area contributed by atoms with E-state index in [1.807, 2.05) is 95.3 Å². The minimum absolute atomic E-state index is 0.0222. The summed E-state index contributed by atoms with van der Waals surface area (Å²) in [6, 6.07) is 19.3. The van der Waals surface area contributed by atoms with E-state index in [2.05, 4.69) is 4.99 Å². The fourth-order valence-electron chi connectivity index (χ4n) is 5.56. The molecule has 0 atom stereocenters. The molecule has 0 N–H and O–H groups in total. The molecule has 3 saturated heterocycles. The molecular weight excluding hydrogens is 732 g/mol.